The van der Waals surface area contributed by atoms with Crippen molar-refractivity contribution in [2.45, 2.75) is 6.61 Å². The van der Waals surface area contributed by atoms with Gasteiger partial charge in [-0.3, -0.25) is 0 Å². The van der Waals surface area contributed by atoms with Gasteiger partial charge in [0.15, 0.2) is 0 Å². The van der Waals surface area contributed by atoms with Crippen molar-refractivity contribution in [1.82, 2.24) is 0 Å². The van der Waals surface area contributed by atoms with Gasteiger partial charge in [-0.05, 0) is 18.2 Å². The molecule has 19 heavy (non-hydrogen) atoms. The number of ether oxygens (including phenoxy) is 2. The Labute approximate surface area is 118 Å². The maximum absolute atomic E-state index is 13.0. The van der Waals surface area contributed by atoms with Crippen molar-refractivity contribution in [3.8, 4) is 11.5 Å². The second kappa shape index (κ2) is 6.02. The molecule has 2 rings (SSSR count). The lowest BCUT2D eigenvalue weighted by molar-refractivity contribution is 0.301. The molecule has 0 saturated carbocycles. The highest BCUT2D eigenvalue weighted by Crippen LogP contribution is 2.24. The van der Waals surface area contributed by atoms with E-state index in [1.807, 2.05) is 6.07 Å². The zero-order chi connectivity index (χ0) is 13.8. The minimum absolute atomic E-state index is 0.146. The number of rotatable bonds is 4. The Morgan fingerprint density at radius 3 is 2.32 bits per heavy atom. The standard InChI is InChI=1S/C14H11BrF2O2/c1-18-12-2-3-14(15)9(4-12)8-19-13-6-10(16)5-11(17)7-13/h2-7H,8H2,1H3. The average Bonchev–Trinajstić information content (AvgIpc) is 2.37. The lowest BCUT2D eigenvalue weighted by Gasteiger charge is -2.09. The fourth-order valence-electron chi connectivity index (χ4n) is 1.56. The van der Waals surface area contributed by atoms with Gasteiger partial charge in [0, 0.05) is 28.2 Å². The zero-order valence-electron chi connectivity index (χ0n) is 10.1. The normalized spacial score (nSPS) is 10.3. The molecule has 2 aromatic rings. The fourth-order valence-corrected chi connectivity index (χ4v) is 1.92. The van der Waals surface area contributed by atoms with Gasteiger partial charge in [-0.15, -0.1) is 0 Å². The van der Waals surface area contributed by atoms with Crippen molar-refractivity contribution in [2.75, 3.05) is 7.11 Å². The van der Waals surface area contributed by atoms with Crippen LogP contribution in [0.1, 0.15) is 5.56 Å². The Kier molecular flexibility index (Phi) is 4.37. The summed E-state index contributed by atoms with van der Waals surface area (Å²) in [4.78, 5) is 0. The van der Waals surface area contributed by atoms with Gasteiger partial charge in [0.05, 0.1) is 7.11 Å². The van der Waals surface area contributed by atoms with Crippen molar-refractivity contribution in [2.24, 2.45) is 0 Å². The molecule has 0 aliphatic rings. The van der Waals surface area contributed by atoms with Crippen molar-refractivity contribution in [3.63, 3.8) is 0 Å². The van der Waals surface area contributed by atoms with E-state index >= 15 is 0 Å². The predicted octanol–water partition coefficient (Wildman–Crippen LogP) is 4.31. The van der Waals surface area contributed by atoms with E-state index < -0.39 is 11.6 Å². The average molecular weight is 329 g/mol. The van der Waals surface area contributed by atoms with Crippen LogP contribution in [0.2, 0.25) is 0 Å². The van der Waals surface area contributed by atoms with Gasteiger partial charge in [-0.1, -0.05) is 15.9 Å². The largest absolute Gasteiger partial charge is 0.497 e. The third-order valence-corrected chi connectivity index (χ3v) is 3.26. The van der Waals surface area contributed by atoms with E-state index in [4.69, 9.17) is 9.47 Å². The molecule has 0 amide bonds. The van der Waals surface area contributed by atoms with Crippen LogP contribution < -0.4 is 9.47 Å². The number of hydrogen-bond donors (Lipinski definition) is 0. The van der Waals surface area contributed by atoms with Crippen LogP contribution in [0.5, 0.6) is 11.5 Å². The van der Waals surface area contributed by atoms with E-state index in [0.29, 0.717) is 5.75 Å². The molecule has 0 aromatic heterocycles. The number of hydrogen-bond acceptors (Lipinski definition) is 2. The van der Waals surface area contributed by atoms with E-state index in [0.717, 1.165) is 28.2 Å². The zero-order valence-corrected chi connectivity index (χ0v) is 11.7. The molecule has 0 radical (unpaired) electrons. The summed E-state index contributed by atoms with van der Waals surface area (Å²) in [5, 5.41) is 0. The van der Waals surface area contributed by atoms with Crippen LogP contribution in [-0.4, -0.2) is 7.11 Å². The molecular weight excluding hydrogens is 318 g/mol. The first-order valence-electron chi connectivity index (χ1n) is 5.50. The summed E-state index contributed by atoms with van der Waals surface area (Å²) in [7, 11) is 1.57. The van der Waals surface area contributed by atoms with Gasteiger partial charge in [0.2, 0.25) is 0 Å². The van der Waals surface area contributed by atoms with Gasteiger partial charge in [-0.25, -0.2) is 8.78 Å². The molecule has 0 aliphatic carbocycles. The molecule has 0 atom stereocenters. The summed E-state index contributed by atoms with van der Waals surface area (Å²) in [5.41, 5.74) is 0.823. The van der Waals surface area contributed by atoms with Gasteiger partial charge in [0.25, 0.3) is 0 Å². The highest BCUT2D eigenvalue weighted by molar-refractivity contribution is 9.10. The van der Waals surface area contributed by atoms with E-state index in [9.17, 15) is 8.78 Å². The molecule has 2 nitrogen and oxygen atoms in total. The van der Waals surface area contributed by atoms with Crippen LogP contribution in [0.25, 0.3) is 0 Å². The highest BCUT2D eigenvalue weighted by atomic mass is 79.9. The van der Waals surface area contributed by atoms with Crippen LogP contribution >= 0.6 is 15.9 Å². The Morgan fingerprint density at radius 2 is 1.68 bits per heavy atom. The monoisotopic (exact) mass is 328 g/mol. The maximum Gasteiger partial charge on any atom is 0.129 e. The fraction of sp³-hybridized carbons (Fsp3) is 0.143. The van der Waals surface area contributed by atoms with Crippen LogP contribution in [0.4, 0.5) is 8.78 Å². The molecule has 0 unspecified atom stereocenters. The molecular formula is C14H11BrF2O2. The molecule has 0 heterocycles. The molecule has 5 heteroatoms. The Bertz CT molecular complexity index is 567. The quantitative estimate of drug-likeness (QED) is 0.832. The summed E-state index contributed by atoms with van der Waals surface area (Å²) < 4.78 is 37.3. The molecule has 0 aliphatic heterocycles. The first kappa shape index (κ1) is 13.8. The van der Waals surface area contributed by atoms with Gasteiger partial charge in [-0.2, -0.15) is 0 Å². The van der Waals surface area contributed by atoms with Crippen molar-refractivity contribution in [1.29, 1.82) is 0 Å². The third kappa shape index (κ3) is 3.67. The molecule has 2 aromatic carbocycles. The smallest absolute Gasteiger partial charge is 0.129 e. The topological polar surface area (TPSA) is 18.5 Å². The summed E-state index contributed by atoms with van der Waals surface area (Å²) in [5.74, 6) is -0.501. The van der Waals surface area contributed by atoms with E-state index in [1.165, 1.54) is 0 Å². The third-order valence-electron chi connectivity index (χ3n) is 2.48. The number of halogens is 3. The maximum atomic E-state index is 13.0. The molecule has 0 N–H and O–H groups in total. The Morgan fingerprint density at radius 1 is 1.00 bits per heavy atom. The Balaban J connectivity index is 2.13. The number of methoxy groups -OCH3 is 1. The minimum atomic E-state index is -0.667. The second-order valence-corrected chi connectivity index (χ2v) is 4.71. The molecule has 0 fully saturated rings. The van der Waals surface area contributed by atoms with E-state index in [2.05, 4.69) is 15.9 Å². The first-order valence-corrected chi connectivity index (χ1v) is 6.29. The van der Waals surface area contributed by atoms with Crippen LogP contribution in [0.3, 0.4) is 0 Å². The van der Waals surface area contributed by atoms with Crippen LogP contribution in [-0.2, 0) is 6.61 Å². The number of benzene rings is 2. The SMILES string of the molecule is COc1ccc(Br)c(COc2cc(F)cc(F)c2)c1. The molecule has 0 spiro atoms. The van der Waals surface area contributed by atoms with Gasteiger partial charge < -0.3 is 9.47 Å². The van der Waals surface area contributed by atoms with Crippen molar-refractivity contribution >= 4 is 15.9 Å². The lowest BCUT2D eigenvalue weighted by atomic mass is 10.2. The first-order chi connectivity index (χ1) is 9.08. The lowest BCUT2D eigenvalue weighted by Crippen LogP contribution is -1.98. The molecule has 100 valence electrons. The summed E-state index contributed by atoms with van der Waals surface area (Å²) in [6.45, 7) is 0.181. The van der Waals surface area contributed by atoms with E-state index in [1.54, 1.807) is 19.2 Å². The summed E-state index contributed by atoms with van der Waals surface area (Å²) >= 11 is 3.38. The van der Waals surface area contributed by atoms with Crippen molar-refractivity contribution in [3.05, 3.63) is 58.1 Å². The second-order valence-electron chi connectivity index (χ2n) is 3.85. The van der Waals surface area contributed by atoms with Crippen LogP contribution in [0.15, 0.2) is 40.9 Å². The molecule has 0 saturated heterocycles. The Hall–Kier alpha value is -1.62. The van der Waals surface area contributed by atoms with E-state index in [-0.39, 0.29) is 12.4 Å². The minimum Gasteiger partial charge on any atom is -0.497 e. The summed E-state index contributed by atoms with van der Waals surface area (Å²) in [6, 6.07) is 8.49. The summed E-state index contributed by atoms with van der Waals surface area (Å²) in [6.07, 6.45) is 0. The predicted molar refractivity (Wildman–Crippen MR) is 71.4 cm³/mol. The van der Waals surface area contributed by atoms with Crippen LogP contribution in [0, 0.1) is 11.6 Å². The van der Waals surface area contributed by atoms with Gasteiger partial charge >= 0.3 is 0 Å². The van der Waals surface area contributed by atoms with Crippen molar-refractivity contribution < 1.29 is 18.3 Å². The highest BCUT2D eigenvalue weighted by Gasteiger charge is 2.05. The molecule has 0 bridgehead atoms. The van der Waals surface area contributed by atoms with Gasteiger partial charge in [0.1, 0.15) is 29.7 Å².